The molecule has 1 unspecified atom stereocenters. The first kappa shape index (κ1) is 18.3. The zero-order chi connectivity index (χ0) is 19.2. The molecule has 0 saturated carbocycles. The Hall–Kier alpha value is -3.48. The topological polar surface area (TPSA) is 101 Å². The number of carbonyl (C=O) groups excluding carboxylic acids is 1. The first-order valence-electron chi connectivity index (χ1n) is 8.55. The van der Waals surface area contributed by atoms with Crippen molar-refractivity contribution in [3.63, 3.8) is 0 Å². The molecule has 0 radical (unpaired) electrons. The fraction of sp³-hybridized carbons (Fsp3) is 0.200. The Morgan fingerprint density at radius 1 is 1.07 bits per heavy atom. The van der Waals surface area contributed by atoms with Crippen molar-refractivity contribution in [2.75, 3.05) is 6.54 Å². The number of carboxylic acid groups (broad SMARTS) is 1. The molecule has 2 N–H and O–H groups in total. The minimum Gasteiger partial charge on any atom is -0.481 e. The average molecular weight is 365 g/mol. The second kappa shape index (κ2) is 8.27. The maximum atomic E-state index is 12.9. The highest BCUT2D eigenvalue weighted by molar-refractivity contribution is 5.82. The summed E-state index contributed by atoms with van der Waals surface area (Å²) in [5.74, 6) is -1.42. The molecule has 27 heavy (non-hydrogen) atoms. The van der Waals surface area contributed by atoms with E-state index >= 15 is 0 Å². The summed E-state index contributed by atoms with van der Waals surface area (Å²) in [7, 11) is 0. The number of hydrogen-bond donors (Lipinski definition) is 2. The maximum Gasteiger partial charge on any atom is 0.305 e. The molecule has 0 saturated heterocycles. The Bertz CT molecular complexity index is 1010. The number of carboxylic acids is 1. The van der Waals surface area contributed by atoms with Gasteiger partial charge in [0.05, 0.1) is 23.7 Å². The quantitative estimate of drug-likeness (QED) is 0.664. The van der Waals surface area contributed by atoms with Crippen LogP contribution in [-0.2, 0) is 16.0 Å². The number of nitrogens with one attached hydrogen (secondary N) is 1. The van der Waals surface area contributed by atoms with Gasteiger partial charge in [-0.2, -0.15) is 0 Å². The van der Waals surface area contributed by atoms with Crippen LogP contribution in [0.2, 0.25) is 0 Å². The number of rotatable bonds is 7. The summed E-state index contributed by atoms with van der Waals surface area (Å²) in [6, 6.07) is 15.4. The van der Waals surface area contributed by atoms with Crippen LogP contribution in [0.4, 0.5) is 0 Å². The first-order valence-corrected chi connectivity index (χ1v) is 8.55. The second-order valence-electron chi connectivity index (χ2n) is 6.11. The summed E-state index contributed by atoms with van der Waals surface area (Å²) in [4.78, 5) is 40.6. The molecule has 3 rings (SSSR count). The van der Waals surface area contributed by atoms with Gasteiger partial charge in [0.15, 0.2) is 0 Å². The molecule has 0 aliphatic rings. The van der Waals surface area contributed by atoms with Crippen molar-refractivity contribution in [1.82, 2.24) is 14.9 Å². The van der Waals surface area contributed by atoms with E-state index in [0.717, 1.165) is 5.56 Å². The van der Waals surface area contributed by atoms with Crippen LogP contribution >= 0.6 is 0 Å². The molecule has 1 amide bonds. The van der Waals surface area contributed by atoms with Crippen molar-refractivity contribution in [3.05, 3.63) is 76.8 Å². The van der Waals surface area contributed by atoms with Crippen LogP contribution in [-0.4, -0.2) is 33.1 Å². The van der Waals surface area contributed by atoms with E-state index in [0.29, 0.717) is 17.3 Å². The van der Waals surface area contributed by atoms with Gasteiger partial charge in [-0.3, -0.25) is 19.0 Å². The second-order valence-corrected chi connectivity index (χ2v) is 6.11. The highest BCUT2D eigenvalue weighted by atomic mass is 16.4. The van der Waals surface area contributed by atoms with Crippen LogP contribution in [0.1, 0.15) is 18.0 Å². The molecule has 1 aromatic heterocycles. The molecule has 138 valence electrons. The molecular weight excluding hydrogens is 346 g/mol. The molecule has 0 bridgehead atoms. The van der Waals surface area contributed by atoms with Gasteiger partial charge in [-0.05, 0) is 17.7 Å². The Balaban J connectivity index is 1.96. The lowest BCUT2D eigenvalue weighted by molar-refractivity contribution is -0.137. The Labute approximate surface area is 155 Å². The molecule has 3 aromatic rings. The number of benzene rings is 2. The lowest BCUT2D eigenvalue weighted by Gasteiger charge is -2.19. The lowest BCUT2D eigenvalue weighted by Crippen LogP contribution is -2.39. The molecule has 0 aliphatic heterocycles. The van der Waals surface area contributed by atoms with Crippen LogP contribution in [0.15, 0.2) is 65.7 Å². The number of aromatic nitrogens is 2. The highest BCUT2D eigenvalue weighted by Gasteiger charge is 2.23. The third kappa shape index (κ3) is 4.38. The van der Waals surface area contributed by atoms with Gasteiger partial charge in [0.2, 0.25) is 5.91 Å². The zero-order valence-electron chi connectivity index (χ0n) is 14.5. The molecule has 0 fully saturated rings. The molecular formula is C20H19N3O4. The van der Waals surface area contributed by atoms with E-state index in [9.17, 15) is 14.4 Å². The molecule has 1 atom stereocenters. The van der Waals surface area contributed by atoms with Gasteiger partial charge in [0, 0.05) is 13.0 Å². The third-order valence-electron chi connectivity index (χ3n) is 4.24. The summed E-state index contributed by atoms with van der Waals surface area (Å²) in [5.41, 5.74) is 1.13. The largest absolute Gasteiger partial charge is 0.481 e. The molecule has 0 spiro atoms. The van der Waals surface area contributed by atoms with Crippen molar-refractivity contribution in [2.45, 2.75) is 18.9 Å². The fourth-order valence-corrected chi connectivity index (χ4v) is 2.87. The number of para-hydroxylation sites is 1. The molecule has 7 heteroatoms. The summed E-state index contributed by atoms with van der Waals surface area (Å²) in [5, 5.41) is 11.8. The fourth-order valence-electron chi connectivity index (χ4n) is 2.87. The predicted octanol–water partition coefficient (Wildman–Crippen LogP) is 1.77. The van der Waals surface area contributed by atoms with Gasteiger partial charge in [-0.15, -0.1) is 0 Å². The SMILES string of the molecule is O=C(O)CCNC(=O)C(Cc1ccccc1)n1cnc2ccccc2c1=O. The normalized spacial score (nSPS) is 11.9. The highest BCUT2D eigenvalue weighted by Crippen LogP contribution is 2.15. The van der Waals surface area contributed by atoms with Crippen LogP contribution in [0, 0.1) is 0 Å². The van der Waals surface area contributed by atoms with Gasteiger partial charge < -0.3 is 10.4 Å². The number of carbonyl (C=O) groups is 2. The minimum absolute atomic E-state index is 0.00475. The van der Waals surface area contributed by atoms with Crippen LogP contribution in [0.25, 0.3) is 10.9 Å². The molecule has 0 aliphatic carbocycles. The molecule has 2 aromatic carbocycles. The van der Waals surface area contributed by atoms with E-state index in [2.05, 4.69) is 10.3 Å². The standard InChI is InChI=1S/C20H19N3O4/c24-18(25)10-11-21-19(26)17(12-14-6-2-1-3-7-14)23-13-22-16-9-5-4-8-15(16)20(23)27/h1-9,13,17H,10-12H2,(H,21,26)(H,24,25). The summed E-state index contributed by atoms with van der Waals surface area (Å²) in [6.45, 7) is -0.00475. The smallest absolute Gasteiger partial charge is 0.305 e. The minimum atomic E-state index is -1.00. The van der Waals surface area contributed by atoms with E-state index < -0.39 is 17.9 Å². The maximum absolute atomic E-state index is 12.9. The number of hydrogen-bond acceptors (Lipinski definition) is 4. The van der Waals surface area contributed by atoms with Gasteiger partial charge in [-0.1, -0.05) is 42.5 Å². The summed E-state index contributed by atoms with van der Waals surface area (Å²) < 4.78 is 1.31. The van der Waals surface area contributed by atoms with Crippen molar-refractivity contribution < 1.29 is 14.7 Å². The molecule has 7 nitrogen and oxygen atoms in total. The van der Waals surface area contributed by atoms with Gasteiger partial charge in [-0.25, -0.2) is 4.98 Å². The Kier molecular flexibility index (Phi) is 5.61. The number of amides is 1. The summed E-state index contributed by atoms with van der Waals surface area (Å²) >= 11 is 0. The zero-order valence-corrected chi connectivity index (χ0v) is 14.5. The van der Waals surface area contributed by atoms with E-state index in [4.69, 9.17) is 5.11 Å². The van der Waals surface area contributed by atoms with Crippen molar-refractivity contribution in [1.29, 1.82) is 0 Å². The van der Waals surface area contributed by atoms with E-state index in [1.54, 1.807) is 24.3 Å². The lowest BCUT2D eigenvalue weighted by atomic mass is 10.0. The Morgan fingerprint density at radius 3 is 2.52 bits per heavy atom. The van der Waals surface area contributed by atoms with Gasteiger partial charge >= 0.3 is 5.97 Å². The van der Waals surface area contributed by atoms with E-state index in [-0.39, 0.29) is 18.5 Å². The first-order chi connectivity index (χ1) is 13.1. The van der Waals surface area contributed by atoms with Crippen LogP contribution < -0.4 is 10.9 Å². The van der Waals surface area contributed by atoms with Gasteiger partial charge in [0.25, 0.3) is 5.56 Å². The monoisotopic (exact) mass is 365 g/mol. The van der Waals surface area contributed by atoms with Crippen molar-refractivity contribution in [3.8, 4) is 0 Å². The van der Waals surface area contributed by atoms with Crippen molar-refractivity contribution in [2.24, 2.45) is 0 Å². The number of fused-ring (bicyclic) bond motifs is 1. The van der Waals surface area contributed by atoms with E-state index in [1.807, 2.05) is 30.3 Å². The van der Waals surface area contributed by atoms with Gasteiger partial charge in [0.1, 0.15) is 6.04 Å². The van der Waals surface area contributed by atoms with E-state index in [1.165, 1.54) is 10.9 Å². The predicted molar refractivity (Wildman–Crippen MR) is 100 cm³/mol. The molecule has 1 heterocycles. The average Bonchev–Trinajstić information content (AvgIpc) is 2.67. The van der Waals surface area contributed by atoms with Crippen molar-refractivity contribution >= 4 is 22.8 Å². The third-order valence-corrected chi connectivity index (χ3v) is 4.24. The van der Waals surface area contributed by atoms with Crippen LogP contribution in [0.5, 0.6) is 0 Å². The summed E-state index contributed by atoms with van der Waals surface area (Å²) in [6.07, 6.45) is 1.48. The Morgan fingerprint density at radius 2 is 1.78 bits per heavy atom. The number of nitrogens with zero attached hydrogens (tertiary/aromatic N) is 2. The number of aliphatic carboxylic acids is 1. The van der Waals surface area contributed by atoms with Crippen LogP contribution in [0.3, 0.4) is 0 Å².